The Morgan fingerprint density at radius 2 is 1.89 bits per heavy atom. The molecule has 0 amide bonds. The number of aromatic nitrogens is 3. The van der Waals surface area contributed by atoms with Gasteiger partial charge in [-0.05, 0) is 41.8 Å². The van der Waals surface area contributed by atoms with E-state index in [1.165, 1.54) is 0 Å². The molecule has 4 aromatic rings. The molecule has 132 valence electrons. The second-order valence-corrected chi connectivity index (χ2v) is 8.92. The Morgan fingerprint density at radius 1 is 1.07 bits per heavy atom. The van der Waals surface area contributed by atoms with Crippen molar-refractivity contribution in [1.29, 1.82) is 5.26 Å². The lowest BCUT2D eigenvalue weighted by Gasteiger charge is -2.22. The van der Waals surface area contributed by atoms with Crippen LogP contribution in [0.15, 0.2) is 42.6 Å². The molecule has 0 spiro atoms. The molecule has 0 saturated heterocycles. The zero-order valence-corrected chi connectivity index (χ0v) is 15.0. The lowest BCUT2D eigenvalue weighted by Crippen LogP contribution is -2.20. The van der Waals surface area contributed by atoms with Crippen LogP contribution in [0, 0.1) is 11.3 Å². The SMILES string of the molecule is N#Cc1ccc(-c2nc3ccc4[nH]ncc4c3c3c2CS(=O)(=O)CC3)cc1. The molecule has 0 fully saturated rings. The number of rotatable bonds is 1. The summed E-state index contributed by atoms with van der Waals surface area (Å²) in [4.78, 5) is 4.82. The fourth-order valence-electron chi connectivity index (χ4n) is 3.82. The predicted octanol–water partition coefficient (Wildman–Crippen LogP) is 3.12. The minimum absolute atomic E-state index is 0.0190. The second-order valence-electron chi connectivity index (χ2n) is 6.74. The molecule has 1 aliphatic rings. The van der Waals surface area contributed by atoms with Crippen LogP contribution in [0.4, 0.5) is 0 Å². The van der Waals surface area contributed by atoms with Gasteiger partial charge in [-0.1, -0.05) is 12.1 Å². The van der Waals surface area contributed by atoms with Gasteiger partial charge in [0.15, 0.2) is 9.84 Å². The van der Waals surface area contributed by atoms with E-state index in [2.05, 4.69) is 16.3 Å². The van der Waals surface area contributed by atoms with Gasteiger partial charge in [-0.2, -0.15) is 10.4 Å². The van der Waals surface area contributed by atoms with Gasteiger partial charge in [-0.3, -0.25) is 5.10 Å². The van der Waals surface area contributed by atoms with Crippen molar-refractivity contribution in [2.45, 2.75) is 12.2 Å². The highest BCUT2D eigenvalue weighted by molar-refractivity contribution is 7.90. The summed E-state index contributed by atoms with van der Waals surface area (Å²) in [5, 5.41) is 18.1. The van der Waals surface area contributed by atoms with Crippen molar-refractivity contribution in [3.63, 3.8) is 0 Å². The summed E-state index contributed by atoms with van der Waals surface area (Å²) < 4.78 is 24.7. The Balaban J connectivity index is 1.88. The van der Waals surface area contributed by atoms with E-state index < -0.39 is 9.84 Å². The molecule has 6 nitrogen and oxygen atoms in total. The van der Waals surface area contributed by atoms with E-state index in [9.17, 15) is 8.42 Å². The van der Waals surface area contributed by atoms with Gasteiger partial charge in [0.25, 0.3) is 0 Å². The minimum atomic E-state index is -3.16. The van der Waals surface area contributed by atoms with Gasteiger partial charge in [-0.15, -0.1) is 0 Å². The summed E-state index contributed by atoms with van der Waals surface area (Å²) in [5.74, 6) is 0.120. The third-order valence-electron chi connectivity index (χ3n) is 5.10. The van der Waals surface area contributed by atoms with Gasteiger partial charge in [0.05, 0.1) is 46.1 Å². The maximum Gasteiger partial charge on any atom is 0.154 e. The molecule has 1 aliphatic heterocycles. The molecule has 27 heavy (non-hydrogen) atoms. The smallest absolute Gasteiger partial charge is 0.154 e. The number of aryl methyl sites for hydroxylation is 1. The van der Waals surface area contributed by atoms with Crippen molar-refractivity contribution >= 4 is 31.6 Å². The van der Waals surface area contributed by atoms with E-state index in [0.717, 1.165) is 38.5 Å². The maximum absolute atomic E-state index is 12.4. The fourth-order valence-corrected chi connectivity index (χ4v) is 5.23. The number of benzene rings is 2. The first-order valence-electron chi connectivity index (χ1n) is 8.54. The van der Waals surface area contributed by atoms with Crippen molar-refractivity contribution < 1.29 is 8.42 Å². The molecule has 1 N–H and O–H groups in total. The van der Waals surface area contributed by atoms with Crippen LogP contribution in [0.25, 0.3) is 33.1 Å². The first kappa shape index (κ1) is 16.0. The Morgan fingerprint density at radius 3 is 2.67 bits per heavy atom. The summed E-state index contributed by atoms with van der Waals surface area (Å²) >= 11 is 0. The number of nitriles is 1. The first-order chi connectivity index (χ1) is 13.1. The van der Waals surface area contributed by atoms with E-state index in [1.807, 2.05) is 24.3 Å². The van der Waals surface area contributed by atoms with Gasteiger partial charge < -0.3 is 0 Å². The molecule has 0 bridgehead atoms. The van der Waals surface area contributed by atoms with Crippen molar-refractivity contribution in [1.82, 2.24) is 15.2 Å². The lowest BCUT2D eigenvalue weighted by molar-refractivity contribution is 0.592. The molecule has 0 unspecified atom stereocenters. The zero-order valence-electron chi connectivity index (χ0n) is 14.2. The summed E-state index contributed by atoms with van der Waals surface area (Å²) in [6.45, 7) is 0. The monoisotopic (exact) mass is 374 g/mol. The van der Waals surface area contributed by atoms with E-state index in [-0.39, 0.29) is 11.5 Å². The molecular formula is C20H14N4O2S. The minimum Gasteiger partial charge on any atom is -0.278 e. The number of nitrogens with one attached hydrogen (secondary N) is 1. The average molecular weight is 374 g/mol. The summed E-state index contributed by atoms with van der Waals surface area (Å²) in [7, 11) is -3.16. The van der Waals surface area contributed by atoms with Crippen LogP contribution < -0.4 is 0 Å². The van der Waals surface area contributed by atoms with Crippen molar-refractivity contribution in [3.05, 3.63) is 59.3 Å². The molecule has 5 rings (SSSR count). The summed E-state index contributed by atoms with van der Waals surface area (Å²) in [6, 6.07) is 13.1. The Bertz CT molecular complexity index is 1360. The summed E-state index contributed by atoms with van der Waals surface area (Å²) in [5.41, 5.74) is 5.56. The Labute approximate surface area is 155 Å². The van der Waals surface area contributed by atoms with Crippen LogP contribution in [0.3, 0.4) is 0 Å². The molecule has 2 aromatic heterocycles. The molecule has 0 radical (unpaired) electrons. The highest BCUT2D eigenvalue weighted by Gasteiger charge is 2.28. The molecule has 0 atom stereocenters. The standard InChI is InChI=1S/C20H14N4O2S/c21-9-12-1-3-13(4-2-12)20-16-11-27(25,26)8-7-14(16)19-15-10-22-24-17(15)5-6-18(19)23-20/h1-6,10H,7-8,11H2,(H,22,24). The number of nitrogens with zero attached hydrogens (tertiary/aromatic N) is 3. The quantitative estimate of drug-likeness (QED) is 0.552. The predicted molar refractivity (Wildman–Crippen MR) is 103 cm³/mol. The molecular weight excluding hydrogens is 360 g/mol. The number of H-pyrrole nitrogens is 1. The number of hydrogen-bond acceptors (Lipinski definition) is 5. The van der Waals surface area contributed by atoms with Crippen LogP contribution in [-0.4, -0.2) is 29.4 Å². The Hall–Kier alpha value is -3.24. The van der Waals surface area contributed by atoms with E-state index >= 15 is 0 Å². The lowest BCUT2D eigenvalue weighted by atomic mass is 9.94. The highest BCUT2D eigenvalue weighted by atomic mass is 32.2. The molecule has 2 aromatic carbocycles. The van der Waals surface area contributed by atoms with Crippen molar-refractivity contribution in [2.75, 3.05) is 5.75 Å². The Kier molecular flexibility index (Phi) is 3.33. The largest absolute Gasteiger partial charge is 0.278 e. The highest BCUT2D eigenvalue weighted by Crippen LogP contribution is 2.37. The molecule has 7 heteroatoms. The van der Waals surface area contributed by atoms with Gasteiger partial charge in [-0.25, -0.2) is 13.4 Å². The zero-order chi connectivity index (χ0) is 18.6. The third kappa shape index (κ3) is 2.49. The first-order valence-corrected chi connectivity index (χ1v) is 10.4. The number of pyridine rings is 1. The number of sulfone groups is 1. The normalized spacial score (nSPS) is 15.5. The number of aromatic amines is 1. The van der Waals surface area contributed by atoms with Crippen LogP contribution in [0.2, 0.25) is 0 Å². The topological polar surface area (TPSA) is 99.5 Å². The third-order valence-corrected chi connectivity index (χ3v) is 6.66. The van der Waals surface area contributed by atoms with Gasteiger partial charge >= 0.3 is 0 Å². The summed E-state index contributed by atoms with van der Waals surface area (Å²) in [6.07, 6.45) is 2.23. The maximum atomic E-state index is 12.4. The molecule has 0 aliphatic carbocycles. The number of hydrogen-bond donors (Lipinski definition) is 1. The van der Waals surface area contributed by atoms with E-state index in [4.69, 9.17) is 10.2 Å². The van der Waals surface area contributed by atoms with Crippen LogP contribution in [0.1, 0.15) is 16.7 Å². The van der Waals surface area contributed by atoms with Gasteiger partial charge in [0.1, 0.15) is 0 Å². The second kappa shape index (κ2) is 5.63. The average Bonchev–Trinajstić information content (AvgIpc) is 3.15. The van der Waals surface area contributed by atoms with E-state index in [0.29, 0.717) is 17.7 Å². The van der Waals surface area contributed by atoms with Crippen LogP contribution >= 0.6 is 0 Å². The van der Waals surface area contributed by atoms with Crippen molar-refractivity contribution in [3.8, 4) is 17.3 Å². The van der Waals surface area contributed by atoms with Crippen molar-refractivity contribution in [2.24, 2.45) is 0 Å². The molecule has 0 saturated carbocycles. The fraction of sp³-hybridized carbons (Fsp3) is 0.150. The van der Waals surface area contributed by atoms with E-state index in [1.54, 1.807) is 18.3 Å². The number of fused-ring (bicyclic) bond motifs is 5. The molecule has 3 heterocycles. The van der Waals surface area contributed by atoms with Gasteiger partial charge in [0, 0.05) is 16.3 Å². The van der Waals surface area contributed by atoms with Crippen LogP contribution in [-0.2, 0) is 22.0 Å². The van der Waals surface area contributed by atoms with Crippen LogP contribution in [0.5, 0.6) is 0 Å². The van der Waals surface area contributed by atoms with Gasteiger partial charge in [0.2, 0.25) is 0 Å².